The number of aliphatic imine (C=N–C) groups is 4. The molecule has 0 amide bonds. The number of aromatic nitrogens is 6. The molecule has 10 atom stereocenters. The number of carbonyl (C=O) groups excluding carboxylic acids is 3. The lowest BCUT2D eigenvalue weighted by atomic mass is 10.1. The van der Waals surface area contributed by atoms with Crippen LogP contribution in [0.4, 0.5) is 11.9 Å². The van der Waals surface area contributed by atoms with E-state index in [1.54, 1.807) is 12.7 Å². The van der Waals surface area contributed by atoms with Crippen molar-refractivity contribution < 1.29 is 67.3 Å². The average molecular weight is 1440 g/mol. The molecule has 0 radical (unpaired) electrons. The molecular weight excluding hydrogens is 1340 g/mol. The van der Waals surface area contributed by atoms with Crippen molar-refractivity contribution >= 4 is 128 Å². The highest BCUT2D eigenvalue weighted by molar-refractivity contribution is 14.0. The number of ether oxygens (including phenoxy) is 5. The molecule has 6 rings (SSSR count). The van der Waals surface area contributed by atoms with Crippen molar-refractivity contribution in [3.05, 3.63) is 33.6 Å². The third kappa shape index (κ3) is 35.9. The Hall–Kier alpha value is -4.82. The van der Waals surface area contributed by atoms with Crippen LogP contribution in [0.2, 0.25) is 118 Å². The van der Waals surface area contributed by atoms with Gasteiger partial charge >= 0.3 is 29.3 Å². The molecule has 86 heavy (non-hydrogen) atoms. The Morgan fingerprint density at radius 2 is 1.07 bits per heavy atom. The summed E-state index contributed by atoms with van der Waals surface area (Å²) in [6.45, 7) is 42.8. The van der Waals surface area contributed by atoms with E-state index in [1.165, 1.54) is 6.92 Å². The number of rotatable bonds is 14. The number of aliphatic hydroxyl groups excluding tert-OH is 4. The molecule has 0 bridgehead atoms. The van der Waals surface area contributed by atoms with E-state index in [2.05, 4.69) is 188 Å². The van der Waals surface area contributed by atoms with Crippen LogP contribution in [0.5, 0.6) is 0 Å². The number of guanidine groups is 2. The summed E-state index contributed by atoms with van der Waals surface area (Å²) < 4.78 is 41.4. The topological polar surface area (TPSA) is 465 Å². The number of nitrogen functional groups attached to an aromatic ring is 2. The molecule has 2 fully saturated rings. The summed E-state index contributed by atoms with van der Waals surface area (Å²) in [5, 5.41) is 43.6. The average Bonchev–Trinajstić information content (AvgIpc) is 4.03. The largest absolute Gasteiger partial charge is 0.455 e. The van der Waals surface area contributed by atoms with E-state index in [1.807, 2.05) is 0 Å². The summed E-state index contributed by atoms with van der Waals surface area (Å²) >= 11 is 0. The van der Waals surface area contributed by atoms with Gasteiger partial charge in [-0.1, -0.05) is 78.6 Å². The maximum Gasteiger partial charge on any atom is 0.354 e. The second-order valence-electron chi connectivity index (χ2n) is 25.1. The number of esters is 3. The summed E-state index contributed by atoms with van der Waals surface area (Å²) in [6.07, 6.45) is -4.32. The number of H-pyrrole nitrogens is 1. The first-order valence-electron chi connectivity index (χ1n) is 26.9. The number of aliphatic hydroxyl groups is 4. The molecule has 14 N–H and O–H groups in total. The molecule has 492 valence electrons. The molecule has 6 heterocycles. The molecule has 4 aliphatic rings. The van der Waals surface area contributed by atoms with Gasteiger partial charge in [-0.15, -0.1) is 24.0 Å². The third-order valence-corrected chi connectivity index (χ3v) is 19.3. The first-order chi connectivity index (χ1) is 38.7. The first kappa shape index (κ1) is 81.2. The van der Waals surface area contributed by atoms with Gasteiger partial charge in [0.05, 0.1) is 13.2 Å². The van der Waals surface area contributed by atoms with E-state index in [0.29, 0.717) is 0 Å². The Bertz CT molecular complexity index is 2610. The van der Waals surface area contributed by atoms with Gasteiger partial charge in [-0.2, -0.15) is 9.97 Å². The molecule has 4 aliphatic heterocycles. The molecule has 2 aromatic heterocycles. The van der Waals surface area contributed by atoms with Crippen molar-refractivity contribution in [2.75, 3.05) is 24.7 Å². The van der Waals surface area contributed by atoms with Crippen LogP contribution >= 0.6 is 24.0 Å². The summed E-state index contributed by atoms with van der Waals surface area (Å²) in [7, 11) is -7.89. The highest BCUT2D eigenvalue weighted by Gasteiger charge is 2.51. The van der Waals surface area contributed by atoms with Crippen LogP contribution in [0.3, 0.4) is 0 Å². The maximum atomic E-state index is 11.5. The molecular formula is C46H96IN17O16Si6. The zero-order valence-corrected chi connectivity index (χ0v) is 61.6. The van der Waals surface area contributed by atoms with Crippen molar-refractivity contribution in [1.82, 2.24) is 54.7 Å². The minimum Gasteiger partial charge on any atom is -0.455 e. The van der Waals surface area contributed by atoms with Crippen LogP contribution in [0.15, 0.2) is 42.2 Å². The molecule has 2 saturated heterocycles. The molecule has 0 aromatic carbocycles. The summed E-state index contributed by atoms with van der Waals surface area (Å²) in [5.41, 5.74) is 9.03. The smallest absolute Gasteiger partial charge is 0.354 e. The second-order valence-corrected chi connectivity index (χ2v) is 53.5. The van der Waals surface area contributed by atoms with Crippen LogP contribution in [0.25, 0.3) is 0 Å². The molecule has 2 aromatic rings. The highest BCUT2D eigenvalue weighted by Crippen LogP contribution is 2.29. The van der Waals surface area contributed by atoms with Crippen molar-refractivity contribution in [1.29, 1.82) is 0 Å². The fraction of sp³-hybridized carbons (Fsp3) is 0.717. The molecule has 0 saturated carbocycles. The van der Waals surface area contributed by atoms with Crippen LogP contribution in [-0.4, -0.2) is 211 Å². The lowest BCUT2D eigenvalue weighted by molar-refractivity contribution is -0.196. The van der Waals surface area contributed by atoms with Crippen molar-refractivity contribution in [3.63, 3.8) is 0 Å². The lowest BCUT2D eigenvalue weighted by Crippen LogP contribution is -2.55. The van der Waals surface area contributed by atoms with E-state index >= 15 is 0 Å². The predicted molar refractivity (Wildman–Crippen MR) is 352 cm³/mol. The van der Waals surface area contributed by atoms with Gasteiger partial charge in [0.2, 0.25) is 37.0 Å². The highest BCUT2D eigenvalue weighted by atomic mass is 127. The van der Waals surface area contributed by atoms with Crippen LogP contribution in [-0.2, 0) is 46.9 Å². The predicted octanol–water partition coefficient (Wildman–Crippen LogP) is 0.640. The number of aromatic amines is 1. The number of halogens is 1. The van der Waals surface area contributed by atoms with Crippen molar-refractivity contribution in [3.8, 4) is 0 Å². The van der Waals surface area contributed by atoms with Gasteiger partial charge in [0.1, 0.15) is 82.7 Å². The number of nitrogens with one attached hydrogen (secondary N) is 6. The van der Waals surface area contributed by atoms with Gasteiger partial charge in [-0.3, -0.25) is 23.9 Å². The van der Waals surface area contributed by atoms with Gasteiger partial charge in [-0.25, -0.2) is 39.5 Å². The normalized spacial score (nSPS) is 23.3. The van der Waals surface area contributed by atoms with Gasteiger partial charge in [-0.05, 0) is 39.3 Å². The van der Waals surface area contributed by atoms with E-state index < -0.39 is 141 Å². The number of carbonyl (C=O) groups is 3. The third-order valence-electron chi connectivity index (χ3n) is 9.44. The standard InChI is InChI=1S/C11H16O8.2C9H22N4OSi2.C8H12N4O5.C6H19NSi2.C3H4N4O.HI/c1-5(13)16-9-8(4-12)19-11(18-7(3)15)10(9)17-6(2)14;2*1-15(2,3)13-8-10-7-11-9(12-8)14-16(4,5)6;9-7-10-2-12(8(16)11-7)6-5(15)4(14)3(1-13)17-6;1-8(2,3)7-9(4,5)6;4-2-5-1-6-3(8)7-2;/h8-12H,4H2,1-3H3;2*7,9H,1-6H3,(H2,10,11,12,13);2-6,13-15H,1H2,(H2,9,11,16);7H,1-6H3;1H,(H3,4,5,6,7,8);1H/t8-,9+,10?,11-;;;3-,4+,5?,6-;;;/m1..1.../s1. The Kier molecular flexibility index (Phi) is 34.0. The van der Waals surface area contributed by atoms with Gasteiger partial charge in [0, 0.05) is 20.8 Å². The Balaban J connectivity index is 0.00000103. The Labute approximate surface area is 525 Å². The van der Waals surface area contributed by atoms with Crippen molar-refractivity contribution in [2.45, 2.75) is 200 Å². The number of hydrogen-bond donors (Lipinski definition) is 12. The van der Waals surface area contributed by atoms with Gasteiger partial charge < -0.3 is 89.7 Å². The number of anilines is 2. The Morgan fingerprint density at radius 3 is 1.40 bits per heavy atom. The van der Waals surface area contributed by atoms with Gasteiger partial charge in [0.25, 0.3) is 0 Å². The quantitative estimate of drug-likeness (QED) is 0.0534. The lowest BCUT2D eigenvalue weighted by Gasteiger charge is -2.29. The zero-order valence-electron chi connectivity index (χ0n) is 53.3. The maximum absolute atomic E-state index is 11.5. The van der Waals surface area contributed by atoms with Gasteiger partial charge in [0.15, 0.2) is 40.9 Å². The van der Waals surface area contributed by atoms with Crippen LogP contribution in [0, 0.1) is 0 Å². The Morgan fingerprint density at radius 1 is 0.628 bits per heavy atom. The number of nitrogens with zero attached hydrogens (tertiary/aromatic N) is 9. The minimum atomic E-state index is -1.58. The molecule has 4 unspecified atom stereocenters. The molecule has 0 spiro atoms. The second kappa shape index (κ2) is 36.0. The van der Waals surface area contributed by atoms with E-state index in [9.17, 15) is 34.2 Å². The number of hydrogen-bond acceptors (Lipinski definition) is 31. The SMILES string of the molecule is CC(=O)OC1[C@H](OC(C)=O)O[C@H](CO)[C@@H]1OC(C)=O.C[Si](C)(C)NC1=NC=NC(O[Si](C)(C)C)N1.C[Si](C)(C)NC1=NC=NC(O[Si](C)(C)C)N1.C[Si](C)(C)N[Si](C)(C)C.I.Nc1ncn([C@@H]2O[C@H](CO)[C@H](O)C2O)c(=O)n1.Nc1ncnc(=O)[nH]1. The summed E-state index contributed by atoms with van der Waals surface area (Å²) in [5.74, 6) is -0.491. The molecule has 33 nitrogen and oxygen atoms in total. The first-order valence-corrected chi connectivity index (χ1v) is 47.7. The summed E-state index contributed by atoms with van der Waals surface area (Å²) in [6, 6.07) is 0. The zero-order chi connectivity index (χ0) is 65.6. The minimum absolute atomic E-state index is 0. The summed E-state index contributed by atoms with van der Waals surface area (Å²) in [4.78, 5) is 93.9. The van der Waals surface area contributed by atoms with E-state index in [-0.39, 0.29) is 48.6 Å². The monoisotopic (exact) mass is 1440 g/mol. The number of nitrogens with two attached hydrogens (primary N) is 2. The molecule has 40 heteroatoms. The fourth-order valence-corrected chi connectivity index (χ4v) is 19.4. The van der Waals surface area contributed by atoms with E-state index in [0.717, 1.165) is 43.0 Å². The van der Waals surface area contributed by atoms with E-state index in [4.69, 9.17) is 54.2 Å². The van der Waals surface area contributed by atoms with Crippen LogP contribution in [0.1, 0.15) is 27.0 Å². The molecule has 0 aliphatic carbocycles. The van der Waals surface area contributed by atoms with Crippen LogP contribution < -0.4 is 48.1 Å². The van der Waals surface area contributed by atoms with Crippen molar-refractivity contribution in [2.24, 2.45) is 20.0 Å². The fourth-order valence-electron chi connectivity index (χ4n) is 7.15.